The second kappa shape index (κ2) is 11.4. The Balaban J connectivity index is 1.44. The summed E-state index contributed by atoms with van der Waals surface area (Å²) in [6.07, 6.45) is 1.72. The summed E-state index contributed by atoms with van der Waals surface area (Å²) in [5, 5.41) is 6.42. The van der Waals surface area contributed by atoms with Crippen LogP contribution >= 0.6 is 0 Å². The predicted octanol–water partition coefficient (Wildman–Crippen LogP) is 4.13. The van der Waals surface area contributed by atoms with Crippen LogP contribution in [0.1, 0.15) is 42.5 Å². The number of likely N-dealkylation sites (N-methyl/N-ethyl adjacent to an activating group) is 1. The van der Waals surface area contributed by atoms with Crippen LogP contribution < -0.4 is 15.5 Å². The van der Waals surface area contributed by atoms with Gasteiger partial charge in [-0.1, -0.05) is 67.1 Å². The van der Waals surface area contributed by atoms with E-state index in [9.17, 15) is 9.59 Å². The summed E-state index contributed by atoms with van der Waals surface area (Å²) in [5.74, 6) is 0.650. The molecule has 2 aromatic carbocycles. The highest BCUT2D eigenvalue weighted by Crippen LogP contribution is 2.23. The van der Waals surface area contributed by atoms with Gasteiger partial charge in [0.15, 0.2) is 0 Å². The Morgan fingerprint density at radius 1 is 1.03 bits per heavy atom. The standard InChI is InChI=1S/C29H35N5O2/c1-20-10-12-23(13-11-20)21(2)18-31-27(24-8-6-5-7-9-24)28(35)32-26-15-14-25(19-30-26)34-17-16-33(4)29(36)22(34)3/h5-15,19,21-22,27,31H,16-18H2,1-4H3,(H,30,32,35)/t21-,22-,27-/m1/s1. The molecule has 0 aliphatic carbocycles. The zero-order valence-corrected chi connectivity index (χ0v) is 21.4. The molecule has 188 valence electrons. The lowest BCUT2D eigenvalue weighted by Gasteiger charge is -2.38. The number of benzene rings is 2. The van der Waals surface area contributed by atoms with Gasteiger partial charge in [-0.05, 0) is 43.0 Å². The van der Waals surface area contributed by atoms with Crippen molar-refractivity contribution in [3.05, 3.63) is 89.6 Å². The van der Waals surface area contributed by atoms with Crippen molar-refractivity contribution in [3.63, 3.8) is 0 Å². The molecule has 1 aliphatic heterocycles. The van der Waals surface area contributed by atoms with Crippen LogP contribution in [0, 0.1) is 6.92 Å². The van der Waals surface area contributed by atoms with Crippen LogP contribution in [0.3, 0.4) is 0 Å². The zero-order valence-electron chi connectivity index (χ0n) is 21.4. The highest BCUT2D eigenvalue weighted by atomic mass is 16.2. The van der Waals surface area contributed by atoms with E-state index in [-0.39, 0.29) is 23.8 Å². The van der Waals surface area contributed by atoms with Crippen molar-refractivity contribution in [2.75, 3.05) is 36.9 Å². The SMILES string of the molecule is Cc1ccc([C@H](C)CN[C@@H](C(=O)Nc2ccc(N3CCN(C)C(=O)[C@H]3C)cn2)c2ccccc2)cc1. The third-order valence-electron chi connectivity index (χ3n) is 6.88. The molecule has 4 rings (SSSR count). The van der Waals surface area contributed by atoms with Gasteiger partial charge in [-0.25, -0.2) is 4.98 Å². The van der Waals surface area contributed by atoms with Gasteiger partial charge in [-0.15, -0.1) is 0 Å². The number of amides is 2. The van der Waals surface area contributed by atoms with E-state index in [1.165, 1.54) is 11.1 Å². The molecule has 0 spiro atoms. The number of rotatable bonds is 8. The monoisotopic (exact) mass is 485 g/mol. The molecule has 2 heterocycles. The minimum Gasteiger partial charge on any atom is -0.357 e. The van der Waals surface area contributed by atoms with Gasteiger partial charge < -0.3 is 20.4 Å². The van der Waals surface area contributed by atoms with Crippen LogP contribution in [-0.2, 0) is 9.59 Å². The molecular weight excluding hydrogens is 450 g/mol. The number of nitrogens with zero attached hydrogens (tertiary/aromatic N) is 3. The number of aromatic nitrogens is 1. The van der Waals surface area contributed by atoms with Crippen LogP contribution in [-0.4, -0.2) is 54.4 Å². The van der Waals surface area contributed by atoms with Gasteiger partial charge in [0.05, 0.1) is 11.9 Å². The number of hydrogen-bond donors (Lipinski definition) is 2. The average molecular weight is 486 g/mol. The molecule has 3 aromatic rings. The van der Waals surface area contributed by atoms with Crippen molar-refractivity contribution in [2.24, 2.45) is 0 Å². The van der Waals surface area contributed by atoms with Gasteiger partial charge in [0.2, 0.25) is 11.8 Å². The Labute approximate surface area is 213 Å². The fraction of sp³-hybridized carbons (Fsp3) is 0.345. The van der Waals surface area contributed by atoms with Crippen molar-refractivity contribution in [3.8, 4) is 0 Å². The normalized spacial score (nSPS) is 17.6. The molecule has 2 amide bonds. The Hall–Kier alpha value is -3.71. The van der Waals surface area contributed by atoms with E-state index in [1.54, 1.807) is 17.2 Å². The number of piperazine rings is 1. The molecule has 0 saturated carbocycles. The number of hydrogen-bond acceptors (Lipinski definition) is 5. The van der Waals surface area contributed by atoms with E-state index < -0.39 is 6.04 Å². The van der Waals surface area contributed by atoms with E-state index in [1.807, 2.05) is 55.3 Å². The first-order valence-electron chi connectivity index (χ1n) is 12.5. The summed E-state index contributed by atoms with van der Waals surface area (Å²) >= 11 is 0. The van der Waals surface area contributed by atoms with Gasteiger partial charge in [-0.3, -0.25) is 9.59 Å². The molecule has 1 aliphatic rings. The second-order valence-corrected chi connectivity index (χ2v) is 9.58. The highest BCUT2D eigenvalue weighted by Gasteiger charge is 2.29. The molecule has 0 unspecified atom stereocenters. The molecule has 1 saturated heterocycles. The Kier molecular flexibility index (Phi) is 8.00. The van der Waals surface area contributed by atoms with Crippen LogP contribution in [0.25, 0.3) is 0 Å². The van der Waals surface area contributed by atoms with E-state index in [4.69, 9.17) is 0 Å². The summed E-state index contributed by atoms with van der Waals surface area (Å²) in [6.45, 7) is 8.21. The lowest BCUT2D eigenvalue weighted by molar-refractivity contribution is -0.132. The molecule has 3 atom stereocenters. The molecule has 0 bridgehead atoms. The van der Waals surface area contributed by atoms with Crippen LogP contribution in [0.2, 0.25) is 0 Å². The first kappa shape index (κ1) is 25.4. The van der Waals surface area contributed by atoms with Gasteiger partial charge in [0, 0.05) is 26.7 Å². The van der Waals surface area contributed by atoms with Crippen molar-refractivity contribution in [1.82, 2.24) is 15.2 Å². The lowest BCUT2D eigenvalue weighted by Crippen LogP contribution is -2.54. The maximum absolute atomic E-state index is 13.4. The van der Waals surface area contributed by atoms with E-state index in [0.717, 1.165) is 17.8 Å². The van der Waals surface area contributed by atoms with Crippen molar-refractivity contribution < 1.29 is 9.59 Å². The maximum Gasteiger partial charge on any atom is 0.247 e. The predicted molar refractivity (Wildman–Crippen MR) is 144 cm³/mol. The van der Waals surface area contributed by atoms with Crippen molar-refractivity contribution >= 4 is 23.3 Å². The molecular formula is C29H35N5O2. The highest BCUT2D eigenvalue weighted by molar-refractivity contribution is 5.95. The Morgan fingerprint density at radius 2 is 1.75 bits per heavy atom. The van der Waals surface area contributed by atoms with E-state index in [2.05, 4.69) is 53.7 Å². The smallest absolute Gasteiger partial charge is 0.247 e. The number of aryl methyl sites for hydroxylation is 1. The third-order valence-corrected chi connectivity index (χ3v) is 6.88. The Bertz CT molecular complexity index is 1160. The van der Waals surface area contributed by atoms with Crippen molar-refractivity contribution in [1.29, 1.82) is 0 Å². The largest absolute Gasteiger partial charge is 0.357 e. The molecule has 7 nitrogen and oxygen atoms in total. The second-order valence-electron chi connectivity index (χ2n) is 9.58. The number of nitrogens with one attached hydrogen (secondary N) is 2. The zero-order chi connectivity index (χ0) is 25.7. The fourth-order valence-corrected chi connectivity index (χ4v) is 4.51. The van der Waals surface area contributed by atoms with E-state index >= 15 is 0 Å². The number of pyridine rings is 1. The summed E-state index contributed by atoms with van der Waals surface area (Å²) in [7, 11) is 1.83. The Morgan fingerprint density at radius 3 is 2.42 bits per heavy atom. The minimum atomic E-state index is -0.518. The van der Waals surface area contributed by atoms with Gasteiger partial charge >= 0.3 is 0 Å². The van der Waals surface area contributed by atoms with Crippen molar-refractivity contribution in [2.45, 2.75) is 38.8 Å². The molecule has 0 radical (unpaired) electrons. The fourth-order valence-electron chi connectivity index (χ4n) is 4.51. The molecule has 36 heavy (non-hydrogen) atoms. The first-order valence-corrected chi connectivity index (χ1v) is 12.5. The summed E-state index contributed by atoms with van der Waals surface area (Å²) in [6, 6.07) is 21.2. The van der Waals surface area contributed by atoms with Crippen LogP contribution in [0.4, 0.5) is 11.5 Å². The first-order chi connectivity index (χ1) is 17.3. The van der Waals surface area contributed by atoms with E-state index in [0.29, 0.717) is 18.9 Å². The summed E-state index contributed by atoms with van der Waals surface area (Å²) < 4.78 is 0. The molecule has 1 aromatic heterocycles. The van der Waals surface area contributed by atoms with Gasteiger partial charge in [-0.2, -0.15) is 0 Å². The van der Waals surface area contributed by atoms with Crippen LogP contribution in [0.15, 0.2) is 72.9 Å². The summed E-state index contributed by atoms with van der Waals surface area (Å²) in [5.41, 5.74) is 4.22. The maximum atomic E-state index is 13.4. The average Bonchev–Trinajstić information content (AvgIpc) is 2.89. The number of carbonyl (C=O) groups excluding carboxylic acids is 2. The summed E-state index contributed by atoms with van der Waals surface area (Å²) in [4.78, 5) is 34.0. The molecule has 7 heteroatoms. The number of anilines is 2. The topological polar surface area (TPSA) is 77.6 Å². The molecule has 2 N–H and O–H groups in total. The molecule has 1 fully saturated rings. The third kappa shape index (κ3) is 5.91. The number of carbonyl (C=O) groups is 2. The quantitative estimate of drug-likeness (QED) is 0.502. The van der Waals surface area contributed by atoms with Gasteiger partial charge in [0.25, 0.3) is 0 Å². The minimum absolute atomic E-state index is 0.0928. The lowest BCUT2D eigenvalue weighted by atomic mass is 9.98. The van der Waals surface area contributed by atoms with Crippen LogP contribution in [0.5, 0.6) is 0 Å². The van der Waals surface area contributed by atoms with Gasteiger partial charge in [0.1, 0.15) is 17.9 Å².